The molecule has 0 aliphatic heterocycles. The van der Waals surface area contributed by atoms with Crippen molar-refractivity contribution in [3.05, 3.63) is 42.9 Å². The summed E-state index contributed by atoms with van der Waals surface area (Å²) in [7, 11) is -2.17. The molecule has 0 fully saturated rings. The molecule has 0 saturated heterocycles. The molecule has 3 rings (SSSR count). The van der Waals surface area contributed by atoms with E-state index in [2.05, 4.69) is 15.0 Å². The highest BCUT2D eigenvalue weighted by Gasteiger charge is 2.23. The number of ether oxygens (including phenoxy) is 1. The largest absolute Gasteiger partial charge is 0.497 e. The zero-order valence-electron chi connectivity index (χ0n) is 10.6. The summed E-state index contributed by atoms with van der Waals surface area (Å²) in [5, 5.41) is -0.0299. The normalized spacial score (nSPS) is 11.7. The van der Waals surface area contributed by atoms with Crippen LogP contribution in [0.1, 0.15) is 0 Å². The number of nitrogens with one attached hydrogen (secondary N) is 1. The van der Waals surface area contributed by atoms with Gasteiger partial charge >= 0.3 is 0 Å². The molecule has 0 aliphatic rings. The monoisotopic (exact) mass is 289 g/mol. The highest BCUT2D eigenvalue weighted by Crippen LogP contribution is 2.25. The maximum absolute atomic E-state index is 12.6. The van der Waals surface area contributed by atoms with E-state index in [0.29, 0.717) is 16.8 Å². The molecule has 102 valence electrons. The average Bonchev–Trinajstić information content (AvgIpc) is 2.95. The minimum Gasteiger partial charge on any atom is -0.497 e. The van der Waals surface area contributed by atoms with Crippen molar-refractivity contribution in [1.29, 1.82) is 0 Å². The minimum absolute atomic E-state index is 0.0299. The fourth-order valence-electron chi connectivity index (χ4n) is 1.92. The Labute approximate surface area is 115 Å². The summed E-state index contributed by atoms with van der Waals surface area (Å²) in [5.41, 5.74) is 0.968. The van der Waals surface area contributed by atoms with E-state index in [1.165, 1.54) is 25.6 Å². The van der Waals surface area contributed by atoms with Crippen LogP contribution in [0.15, 0.2) is 52.8 Å². The summed E-state index contributed by atoms with van der Waals surface area (Å²) in [6.07, 6.45) is 2.87. The molecule has 6 nitrogen and oxygen atoms in total. The van der Waals surface area contributed by atoms with Gasteiger partial charge in [-0.2, -0.15) is 0 Å². The van der Waals surface area contributed by atoms with Crippen LogP contribution in [0.2, 0.25) is 0 Å². The van der Waals surface area contributed by atoms with Gasteiger partial charge in [-0.05, 0) is 30.3 Å². The van der Waals surface area contributed by atoms with Crippen LogP contribution < -0.4 is 4.74 Å². The molecule has 0 radical (unpaired) electrons. The Kier molecular flexibility index (Phi) is 2.90. The summed E-state index contributed by atoms with van der Waals surface area (Å²) >= 11 is 0. The maximum Gasteiger partial charge on any atom is 0.226 e. The number of methoxy groups -OCH3 is 1. The van der Waals surface area contributed by atoms with Gasteiger partial charge in [-0.3, -0.25) is 0 Å². The molecule has 7 heteroatoms. The van der Waals surface area contributed by atoms with E-state index in [0.717, 1.165) is 0 Å². The zero-order valence-corrected chi connectivity index (χ0v) is 11.4. The average molecular weight is 289 g/mol. The van der Waals surface area contributed by atoms with Gasteiger partial charge in [-0.1, -0.05) is 0 Å². The number of nitrogens with zero attached hydrogens (tertiary/aromatic N) is 2. The molecule has 2 heterocycles. The Morgan fingerprint density at radius 2 is 1.85 bits per heavy atom. The van der Waals surface area contributed by atoms with Crippen molar-refractivity contribution >= 4 is 20.9 Å². The lowest BCUT2D eigenvalue weighted by Gasteiger charge is -2.05. The summed E-state index contributed by atoms with van der Waals surface area (Å²) in [4.78, 5) is 10.9. The van der Waals surface area contributed by atoms with Gasteiger partial charge in [0.1, 0.15) is 17.6 Å². The van der Waals surface area contributed by atoms with E-state index < -0.39 is 9.84 Å². The topological polar surface area (TPSA) is 84.9 Å². The van der Waals surface area contributed by atoms with Crippen LogP contribution in [-0.4, -0.2) is 30.5 Å². The molecule has 0 atom stereocenters. The Hall–Kier alpha value is -2.41. The standard InChI is InChI=1S/C13H11N3O3S/c1-19-9-2-4-10(5-3-9)20(17,18)13-12-11(6-7-14-12)15-8-16-13/h2-8,14H,1H3. The molecule has 1 aromatic carbocycles. The van der Waals surface area contributed by atoms with Crippen LogP contribution in [0.5, 0.6) is 5.75 Å². The highest BCUT2D eigenvalue weighted by atomic mass is 32.2. The van der Waals surface area contributed by atoms with Crippen LogP contribution >= 0.6 is 0 Å². The molecule has 0 saturated carbocycles. The van der Waals surface area contributed by atoms with Gasteiger partial charge in [0.15, 0.2) is 5.03 Å². The molecule has 0 amide bonds. The van der Waals surface area contributed by atoms with Crippen LogP contribution in [0.4, 0.5) is 0 Å². The Morgan fingerprint density at radius 3 is 2.55 bits per heavy atom. The Morgan fingerprint density at radius 1 is 1.10 bits per heavy atom. The van der Waals surface area contributed by atoms with Crippen molar-refractivity contribution in [1.82, 2.24) is 15.0 Å². The third-order valence-corrected chi connectivity index (χ3v) is 4.65. The number of benzene rings is 1. The first-order valence-corrected chi connectivity index (χ1v) is 7.28. The van der Waals surface area contributed by atoms with Crippen molar-refractivity contribution < 1.29 is 13.2 Å². The van der Waals surface area contributed by atoms with Crippen molar-refractivity contribution in [2.45, 2.75) is 9.92 Å². The number of rotatable bonds is 3. The van der Waals surface area contributed by atoms with Gasteiger partial charge in [0.2, 0.25) is 9.84 Å². The predicted molar refractivity (Wildman–Crippen MR) is 72.3 cm³/mol. The number of fused-ring (bicyclic) bond motifs is 1. The second-order valence-electron chi connectivity index (χ2n) is 4.10. The predicted octanol–water partition coefficient (Wildman–Crippen LogP) is 1.80. The van der Waals surface area contributed by atoms with Crippen LogP contribution in [-0.2, 0) is 9.84 Å². The minimum atomic E-state index is -3.70. The molecule has 0 bridgehead atoms. The fraction of sp³-hybridized carbons (Fsp3) is 0.0769. The maximum atomic E-state index is 12.6. The van der Waals surface area contributed by atoms with Crippen LogP contribution in [0.25, 0.3) is 11.0 Å². The summed E-state index contributed by atoms with van der Waals surface area (Å²) in [6.45, 7) is 0. The van der Waals surface area contributed by atoms with Gasteiger partial charge < -0.3 is 9.72 Å². The molecule has 0 aliphatic carbocycles. The number of sulfone groups is 1. The van der Waals surface area contributed by atoms with E-state index in [1.807, 2.05) is 0 Å². The molecule has 2 aromatic heterocycles. The van der Waals surface area contributed by atoms with E-state index in [1.54, 1.807) is 24.4 Å². The second-order valence-corrected chi connectivity index (χ2v) is 5.96. The fourth-order valence-corrected chi connectivity index (χ4v) is 3.25. The first-order chi connectivity index (χ1) is 9.63. The smallest absolute Gasteiger partial charge is 0.226 e. The SMILES string of the molecule is COc1ccc(S(=O)(=O)c2ncnc3cc[nH]c23)cc1. The van der Waals surface area contributed by atoms with Crippen molar-refractivity contribution in [3.8, 4) is 5.75 Å². The number of hydrogen-bond donors (Lipinski definition) is 1. The van der Waals surface area contributed by atoms with Crippen molar-refractivity contribution in [2.24, 2.45) is 0 Å². The number of aromatic nitrogens is 3. The second kappa shape index (κ2) is 4.61. The van der Waals surface area contributed by atoms with Crippen molar-refractivity contribution in [2.75, 3.05) is 7.11 Å². The molecule has 3 aromatic rings. The highest BCUT2D eigenvalue weighted by molar-refractivity contribution is 7.91. The van der Waals surface area contributed by atoms with E-state index in [9.17, 15) is 8.42 Å². The van der Waals surface area contributed by atoms with Crippen LogP contribution in [0, 0.1) is 0 Å². The molecular formula is C13H11N3O3S. The number of hydrogen-bond acceptors (Lipinski definition) is 5. The lowest BCUT2D eigenvalue weighted by atomic mass is 10.3. The first kappa shape index (κ1) is 12.6. The lowest BCUT2D eigenvalue weighted by molar-refractivity contribution is 0.414. The molecule has 1 N–H and O–H groups in total. The number of aromatic amines is 1. The third kappa shape index (κ3) is 1.92. The zero-order chi connectivity index (χ0) is 14.2. The summed E-state index contributed by atoms with van der Waals surface area (Å²) in [6, 6.07) is 7.88. The molecule has 20 heavy (non-hydrogen) atoms. The third-order valence-electron chi connectivity index (χ3n) is 2.93. The van der Waals surface area contributed by atoms with E-state index in [-0.39, 0.29) is 9.92 Å². The van der Waals surface area contributed by atoms with Gasteiger partial charge in [0.25, 0.3) is 0 Å². The lowest BCUT2D eigenvalue weighted by Crippen LogP contribution is -2.05. The Balaban J connectivity index is 2.18. The summed E-state index contributed by atoms with van der Waals surface area (Å²) < 4.78 is 30.2. The van der Waals surface area contributed by atoms with E-state index in [4.69, 9.17) is 4.74 Å². The van der Waals surface area contributed by atoms with Gasteiger partial charge in [0, 0.05) is 6.20 Å². The van der Waals surface area contributed by atoms with Crippen molar-refractivity contribution in [3.63, 3.8) is 0 Å². The molecular weight excluding hydrogens is 278 g/mol. The molecule has 0 spiro atoms. The quantitative estimate of drug-likeness (QED) is 0.743. The van der Waals surface area contributed by atoms with E-state index >= 15 is 0 Å². The Bertz CT molecular complexity index is 854. The number of H-pyrrole nitrogens is 1. The van der Waals surface area contributed by atoms with Crippen LogP contribution in [0.3, 0.4) is 0 Å². The molecule has 0 unspecified atom stereocenters. The van der Waals surface area contributed by atoms with Gasteiger partial charge in [-0.25, -0.2) is 18.4 Å². The summed E-state index contributed by atoms with van der Waals surface area (Å²) in [5.74, 6) is 0.594. The van der Waals surface area contributed by atoms with Gasteiger partial charge in [-0.15, -0.1) is 0 Å². The first-order valence-electron chi connectivity index (χ1n) is 5.80. The van der Waals surface area contributed by atoms with Gasteiger partial charge in [0.05, 0.1) is 17.5 Å².